The van der Waals surface area contributed by atoms with E-state index >= 15 is 0 Å². The number of halogens is 1. The highest BCUT2D eigenvalue weighted by Gasteiger charge is 2.24. The summed E-state index contributed by atoms with van der Waals surface area (Å²) in [6, 6.07) is 10.6. The standard InChI is InChI=1S/C23H33ClN4O/c24-20-4-3-5-22(18-20)28-16-14-27(15-17-28)13-11-19-7-9-21(10-8-19)26-23(29)6-1-2-12-25/h3-5,18-19,21H,1-2,6-11,13-17H2,(H,26,29)/t19-,21-. The summed E-state index contributed by atoms with van der Waals surface area (Å²) in [5.41, 5.74) is 1.23. The number of anilines is 1. The van der Waals surface area contributed by atoms with Crippen LogP contribution in [0.3, 0.4) is 0 Å². The number of nitriles is 1. The van der Waals surface area contributed by atoms with Gasteiger partial charge in [-0.05, 0) is 69.2 Å². The van der Waals surface area contributed by atoms with Gasteiger partial charge in [-0.2, -0.15) is 5.26 Å². The van der Waals surface area contributed by atoms with Crippen LogP contribution in [-0.4, -0.2) is 49.6 Å². The Morgan fingerprint density at radius 2 is 1.93 bits per heavy atom. The van der Waals surface area contributed by atoms with Crippen LogP contribution in [0.25, 0.3) is 0 Å². The van der Waals surface area contributed by atoms with Crippen LogP contribution in [0.5, 0.6) is 0 Å². The Morgan fingerprint density at radius 3 is 2.62 bits per heavy atom. The van der Waals surface area contributed by atoms with Gasteiger partial charge in [0.05, 0.1) is 6.07 Å². The van der Waals surface area contributed by atoms with Crippen molar-refractivity contribution in [3.63, 3.8) is 0 Å². The zero-order valence-corrected chi connectivity index (χ0v) is 18.0. The van der Waals surface area contributed by atoms with Crippen molar-refractivity contribution in [1.29, 1.82) is 5.26 Å². The van der Waals surface area contributed by atoms with Gasteiger partial charge in [-0.15, -0.1) is 0 Å². The Morgan fingerprint density at radius 1 is 1.17 bits per heavy atom. The molecule has 29 heavy (non-hydrogen) atoms. The van der Waals surface area contributed by atoms with Crippen molar-refractivity contribution in [1.82, 2.24) is 10.2 Å². The summed E-state index contributed by atoms with van der Waals surface area (Å²) >= 11 is 6.12. The summed E-state index contributed by atoms with van der Waals surface area (Å²) in [4.78, 5) is 16.9. The molecule has 1 amide bonds. The van der Waals surface area contributed by atoms with Crippen LogP contribution in [0.15, 0.2) is 24.3 Å². The topological polar surface area (TPSA) is 59.4 Å². The summed E-state index contributed by atoms with van der Waals surface area (Å²) in [7, 11) is 0. The molecular formula is C23H33ClN4O. The molecule has 0 atom stereocenters. The van der Waals surface area contributed by atoms with Crippen LogP contribution in [0.1, 0.15) is 51.4 Å². The van der Waals surface area contributed by atoms with E-state index in [0.717, 1.165) is 50.0 Å². The predicted octanol–water partition coefficient (Wildman–Crippen LogP) is 4.22. The number of hydrogen-bond acceptors (Lipinski definition) is 4. The number of hydrogen-bond donors (Lipinski definition) is 1. The Labute approximate surface area is 180 Å². The van der Waals surface area contributed by atoms with Crippen LogP contribution in [0.2, 0.25) is 5.02 Å². The van der Waals surface area contributed by atoms with Crippen molar-refractivity contribution in [3.05, 3.63) is 29.3 Å². The first-order valence-electron chi connectivity index (χ1n) is 11.0. The zero-order valence-electron chi connectivity index (χ0n) is 17.3. The maximum Gasteiger partial charge on any atom is 0.220 e. The van der Waals surface area contributed by atoms with Crippen LogP contribution < -0.4 is 10.2 Å². The molecule has 1 aliphatic carbocycles. The second kappa shape index (κ2) is 11.4. The summed E-state index contributed by atoms with van der Waals surface area (Å²) in [5, 5.41) is 12.5. The summed E-state index contributed by atoms with van der Waals surface area (Å²) in [6.07, 6.45) is 7.50. The van der Waals surface area contributed by atoms with E-state index in [4.69, 9.17) is 16.9 Å². The first-order chi connectivity index (χ1) is 14.1. The number of carbonyl (C=O) groups excluding carboxylic acids is 1. The largest absolute Gasteiger partial charge is 0.369 e. The lowest BCUT2D eigenvalue weighted by molar-refractivity contribution is -0.122. The molecule has 0 radical (unpaired) electrons. The maximum absolute atomic E-state index is 11.9. The number of piperazine rings is 1. The molecule has 0 spiro atoms. The summed E-state index contributed by atoms with van der Waals surface area (Å²) < 4.78 is 0. The first-order valence-corrected chi connectivity index (χ1v) is 11.4. The van der Waals surface area contributed by atoms with E-state index in [1.165, 1.54) is 31.5 Å². The van der Waals surface area contributed by atoms with Crippen LogP contribution >= 0.6 is 11.6 Å². The highest BCUT2D eigenvalue weighted by Crippen LogP contribution is 2.28. The van der Waals surface area contributed by atoms with E-state index < -0.39 is 0 Å². The van der Waals surface area contributed by atoms with Crippen LogP contribution in [0.4, 0.5) is 5.69 Å². The fourth-order valence-corrected chi connectivity index (χ4v) is 4.68. The zero-order chi connectivity index (χ0) is 20.5. The smallest absolute Gasteiger partial charge is 0.220 e. The van der Waals surface area contributed by atoms with E-state index in [1.807, 2.05) is 12.1 Å². The van der Waals surface area contributed by atoms with Gasteiger partial charge in [0.2, 0.25) is 5.91 Å². The normalized spacial score (nSPS) is 22.8. The fraction of sp³-hybridized carbons (Fsp3) is 0.652. The van der Waals surface area contributed by atoms with Gasteiger partial charge in [0.15, 0.2) is 0 Å². The number of benzene rings is 1. The molecule has 0 unspecified atom stereocenters. The molecule has 1 saturated carbocycles. The molecular weight excluding hydrogens is 384 g/mol. The highest BCUT2D eigenvalue weighted by atomic mass is 35.5. The minimum absolute atomic E-state index is 0.112. The number of unbranched alkanes of at least 4 members (excludes halogenated alkanes) is 1. The van der Waals surface area contributed by atoms with E-state index in [-0.39, 0.29) is 5.91 Å². The molecule has 1 heterocycles. The van der Waals surface area contributed by atoms with Gasteiger partial charge in [-0.1, -0.05) is 17.7 Å². The van der Waals surface area contributed by atoms with E-state index in [0.29, 0.717) is 25.3 Å². The lowest BCUT2D eigenvalue weighted by Gasteiger charge is -2.37. The third kappa shape index (κ3) is 7.21. The van der Waals surface area contributed by atoms with Crippen molar-refractivity contribution >= 4 is 23.2 Å². The first kappa shape index (κ1) is 21.9. The number of carbonyl (C=O) groups is 1. The predicted molar refractivity (Wildman–Crippen MR) is 118 cm³/mol. The lowest BCUT2D eigenvalue weighted by atomic mass is 9.84. The van der Waals surface area contributed by atoms with Gasteiger partial charge in [0, 0.05) is 55.8 Å². The van der Waals surface area contributed by atoms with Gasteiger partial charge in [0.1, 0.15) is 0 Å². The molecule has 2 aliphatic rings. The van der Waals surface area contributed by atoms with Gasteiger partial charge in [0.25, 0.3) is 0 Å². The van der Waals surface area contributed by atoms with E-state index in [9.17, 15) is 4.79 Å². The number of amides is 1. The van der Waals surface area contributed by atoms with Crippen molar-refractivity contribution in [3.8, 4) is 6.07 Å². The number of nitrogens with one attached hydrogen (secondary N) is 1. The quantitative estimate of drug-likeness (QED) is 0.644. The second-order valence-electron chi connectivity index (χ2n) is 8.39. The molecule has 1 saturated heterocycles. The maximum atomic E-state index is 11.9. The molecule has 0 aromatic heterocycles. The van der Waals surface area contributed by atoms with Gasteiger partial charge >= 0.3 is 0 Å². The Kier molecular flexibility index (Phi) is 8.64. The highest BCUT2D eigenvalue weighted by molar-refractivity contribution is 6.30. The Balaban J connectivity index is 1.29. The van der Waals surface area contributed by atoms with E-state index in [1.54, 1.807) is 0 Å². The van der Waals surface area contributed by atoms with Crippen LogP contribution in [0, 0.1) is 17.2 Å². The molecule has 5 nitrogen and oxygen atoms in total. The average molecular weight is 417 g/mol. The van der Waals surface area contributed by atoms with Crippen molar-refractivity contribution < 1.29 is 4.79 Å². The molecule has 158 valence electrons. The molecule has 2 fully saturated rings. The monoisotopic (exact) mass is 416 g/mol. The fourth-order valence-electron chi connectivity index (χ4n) is 4.49. The van der Waals surface area contributed by atoms with Gasteiger partial charge in [-0.3, -0.25) is 9.69 Å². The lowest BCUT2D eigenvalue weighted by Crippen LogP contribution is -2.47. The minimum atomic E-state index is 0.112. The van der Waals surface area contributed by atoms with Crippen molar-refractivity contribution in [2.24, 2.45) is 5.92 Å². The van der Waals surface area contributed by atoms with Gasteiger partial charge in [-0.25, -0.2) is 0 Å². The molecule has 1 N–H and O–H groups in total. The minimum Gasteiger partial charge on any atom is -0.369 e. The molecule has 1 aliphatic heterocycles. The average Bonchev–Trinajstić information content (AvgIpc) is 2.74. The summed E-state index contributed by atoms with van der Waals surface area (Å²) in [5.74, 6) is 0.897. The van der Waals surface area contributed by atoms with Crippen LogP contribution in [-0.2, 0) is 4.79 Å². The molecule has 0 bridgehead atoms. The number of nitrogens with zero attached hydrogens (tertiary/aromatic N) is 3. The molecule has 1 aromatic carbocycles. The van der Waals surface area contributed by atoms with Gasteiger partial charge < -0.3 is 10.2 Å². The number of rotatable bonds is 8. The van der Waals surface area contributed by atoms with Crippen molar-refractivity contribution in [2.45, 2.75) is 57.4 Å². The molecule has 3 rings (SSSR count). The third-order valence-corrected chi connectivity index (χ3v) is 6.54. The Bertz CT molecular complexity index is 688. The molecule has 6 heteroatoms. The van der Waals surface area contributed by atoms with Crippen molar-refractivity contribution in [2.75, 3.05) is 37.6 Å². The third-order valence-electron chi connectivity index (χ3n) is 6.30. The van der Waals surface area contributed by atoms with E-state index in [2.05, 4.69) is 33.3 Å². The Hall–Kier alpha value is -1.77. The second-order valence-corrected chi connectivity index (χ2v) is 8.83. The SMILES string of the molecule is N#CCCCC(=O)N[C@H]1CC[C@H](CCN2CCN(c3cccc(Cl)c3)CC2)CC1. The summed E-state index contributed by atoms with van der Waals surface area (Å²) in [6.45, 7) is 5.52. The molecule has 1 aromatic rings.